The third-order valence-corrected chi connectivity index (χ3v) is 6.11. The summed E-state index contributed by atoms with van der Waals surface area (Å²) < 4.78 is 120. The number of halogens is 3. The molecule has 0 radical (unpaired) electrons. The molecule has 8 heteroatoms. The van der Waals surface area contributed by atoms with Crippen molar-refractivity contribution < 1.29 is 38.4 Å². The Morgan fingerprint density at radius 3 is 2.43 bits per heavy atom. The van der Waals surface area contributed by atoms with E-state index in [-0.39, 0.29) is 35.6 Å². The highest BCUT2D eigenvalue weighted by Gasteiger charge is 2.37. The Kier molecular flexibility index (Phi) is 5.43. The van der Waals surface area contributed by atoms with E-state index in [0.717, 1.165) is 17.0 Å². The first-order chi connectivity index (χ1) is 20.8. The zero-order valence-corrected chi connectivity index (χ0v) is 20.1. The molecule has 1 aliphatic rings. The van der Waals surface area contributed by atoms with Crippen LogP contribution in [-0.4, -0.2) is 38.5 Å². The van der Waals surface area contributed by atoms with Crippen LogP contribution in [0.1, 0.15) is 57.2 Å². The van der Waals surface area contributed by atoms with Gasteiger partial charge in [0.2, 0.25) is 5.91 Å². The number of likely N-dealkylation sites (N-methyl/N-ethyl adjacent to an activating group) is 1. The lowest BCUT2D eigenvalue weighted by Crippen LogP contribution is -2.44. The fourth-order valence-electron chi connectivity index (χ4n) is 4.30. The molecule has 1 heterocycles. The molecule has 37 heavy (non-hydrogen) atoms. The summed E-state index contributed by atoms with van der Waals surface area (Å²) in [5.74, 6) is -0.769. The molecule has 1 amide bonds. The van der Waals surface area contributed by atoms with Crippen LogP contribution in [0.15, 0.2) is 66.7 Å². The van der Waals surface area contributed by atoms with E-state index >= 15 is 0 Å². The van der Waals surface area contributed by atoms with Crippen molar-refractivity contribution in [1.82, 2.24) is 10.2 Å². The standard InChI is InChI=1S/C29H31F3N2O3/c1-33-28(35)27(20-7-5-4-6-8-20)34-16-15-21-17-25(36-2)26(37-3)18-23(21)24(34)14-11-19-9-12-22(13-10-19)29(30,31)32/h4-10,12-13,17-18,24,27H,11,14-16H2,1-3H3,(H,33,35)/t24-,27+/m0/s1/i1D3,11D2,14D2,24D. The largest absolute Gasteiger partial charge is 0.493 e. The number of rotatable bonds is 8. The maximum Gasteiger partial charge on any atom is 0.416 e. The molecule has 4 rings (SSSR count). The molecule has 196 valence electrons. The molecule has 1 aliphatic heterocycles. The topological polar surface area (TPSA) is 50.8 Å². The predicted molar refractivity (Wildman–Crippen MR) is 136 cm³/mol. The predicted octanol–water partition coefficient (Wildman–Crippen LogP) is 5.74. The highest BCUT2D eigenvalue weighted by atomic mass is 19.4. The summed E-state index contributed by atoms with van der Waals surface area (Å²) in [7, 11) is 2.68. The molecule has 0 fully saturated rings. The number of aryl methyl sites for hydroxylation is 1. The monoisotopic (exact) mass is 520 g/mol. The number of nitrogens with zero attached hydrogens (tertiary/aromatic N) is 1. The molecule has 3 aromatic rings. The third-order valence-electron chi connectivity index (χ3n) is 6.11. The normalized spacial score (nSPS) is 22.8. The number of fused-ring (bicyclic) bond motifs is 1. The van der Waals surface area contributed by atoms with E-state index in [0.29, 0.717) is 17.7 Å². The second kappa shape index (κ2) is 11.3. The number of hydrogen-bond donors (Lipinski definition) is 1. The molecule has 5 nitrogen and oxygen atoms in total. The zero-order chi connectivity index (χ0) is 33.6. The van der Waals surface area contributed by atoms with Crippen LogP contribution >= 0.6 is 0 Å². The number of methoxy groups -OCH3 is 2. The minimum atomic E-state index is -4.73. The van der Waals surface area contributed by atoms with Crippen molar-refractivity contribution in [3.05, 3.63) is 94.5 Å². The molecule has 1 N–H and O–H groups in total. The van der Waals surface area contributed by atoms with Gasteiger partial charge in [-0.1, -0.05) is 42.5 Å². The summed E-state index contributed by atoms with van der Waals surface area (Å²) in [6, 6.07) is 9.03. The Hall–Kier alpha value is -3.52. The van der Waals surface area contributed by atoms with Crippen LogP contribution in [-0.2, 0) is 23.8 Å². The lowest BCUT2D eigenvalue weighted by atomic mass is 9.86. The molecule has 3 aromatic carbocycles. The highest BCUT2D eigenvalue weighted by Crippen LogP contribution is 2.43. The minimum absolute atomic E-state index is 0.0730. The van der Waals surface area contributed by atoms with Gasteiger partial charge in [-0.15, -0.1) is 0 Å². The summed E-state index contributed by atoms with van der Waals surface area (Å²) in [6.45, 7) is -3.17. The number of carbonyl (C=O) groups is 1. The van der Waals surface area contributed by atoms with Crippen molar-refractivity contribution in [1.29, 1.82) is 0 Å². The van der Waals surface area contributed by atoms with Gasteiger partial charge >= 0.3 is 6.18 Å². The van der Waals surface area contributed by atoms with Gasteiger partial charge in [-0.25, -0.2) is 0 Å². The van der Waals surface area contributed by atoms with E-state index in [9.17, 15) is 22.1 Å². The Labute approximate surface area is 226 Å². The Morgan fingerprint density at radius 1 is 1.14 bits per heavy atom. The first-order valence-electron chi connectivity index (χ1n) is 15.4. The second-order valence-corrected chi connectivity index (χ2v) is 8.28. The first-order valence-corrected chi connectivity index (χ1v) is 11.4. The quantitative estimate of drug-likeness (QED) is 0.412. The lowest BCUT2D eigenvalue weighted by Gasteiger charge is -2.42. The molecule has 0 spiro atoms. The van der Waals surface area contributed by atoms with Crippen molar-refractivity contribution in [2.45, 2.75) is 37.4 Å². The Balaban J connectivity index is 2.01. The van der Waals surface area contributed by atoms with Crippen LogP contribution in [0.25, 0.3) is 0 Å². The number of benzene rings is 3. The maximum absolute atomic E-state index is 13.7. The molecule has 0 unspecified atom stereocenters. The number of nitrogens with one attached hydrogen (secondary N) is 1. The maximum atomic E-state index is 13.7. The van der Waals surface area contributed by atoms with E-state index in [4.69, 9.17) is 16.3 Å². The van der Waals surface area contributed by atoms with Gasteiger partial charge in [-0.05, 0) is 65.7 Å². The van der Waals surface area contributed by atoms with E-state index < -0.39 is 55.0 Å². The van der Waals surface area contributed by atoms with Gasteiger partial charge in [-0.3, -0.25) is 9.69 Å². The molecule has 0 saturated heterocycles. The smallest absolute Gasteiger partial charge is 0.416 e. The van der Waals surface area contributed by atoms with Gasteiger partial charge in [0.15, 0.2) is 11.5 Å². The summed E-state index contributed by atoms with van der Waals surface area (Å²) in [6.07, 6.45) is -11.1. The number of alkyl halides is 3. The van der Waals surface area contributed by atoms with Crippen LogP contribution < -0.4 is 14.8 Å². The number of carbonyl (C=O) groups excluding carboxylic acids is 1. The van der Waals surface area contributed by atoms with E-state index in [1.807, 2.05) is 5.32 Å². The van der Waals surface area contributed by atoms with E-state index in [1.165, 1.54) is 38.5 Å². The first kappa shape index (κ1) is 17.9. The van der Waals surface area contributed by atoms with Gasteiger partial charge < -0.3 is 14.8 Å². The van der Waals surface area contributed by atoms with E-state index in [2.05, 4.69) is 0 Å². The summed E-state index contributed by atoms with van der Waals surface area (Å²) in [5, 5.41) is 1.93. The average Bonchev–Trinajstić information content (AvgIpc) is 2.97. The van der Waals surface area contributed by atoms with Crippen molar-refractivity contribution in [2.75, 3.05) is 27.7 Å². The molecule has 0 bridgehead atoms. The van der Waals surface area contributed by atoms with Crippen molar-refractivity contribution in [2.24, 2.45) is 0 Å². The lowest BCUT2D eigenvalue weighted by molar-refractivity contribution is -0.137. The molecule has 2 atom stereocenters. The highest BCUT2D eigenvalue weighted by molar-refractivity contribution is 5.83. The number of ether oxygens (including phenoxy) is 2. The summed E-state index contributed by atoms with van der Waals surface area (Å²) in [4.78, 5) is 14.8. The van der Waals surface area contributed by atoms with Crippen LogP contribution in [0.4, 0.5) is 13.2 Å². The SMILES string of the molecule is [2H]C([2H])([2H])NC(=O)[C@@H](c1ccccc1)N1CCc2cc(OC)c(OC)cc2[C@]1([2H])C([2H])([2H])C([2H])([2H])c1ccc(C(F)(F)F)cc1. The summed E-state index contributed by atoms with van der Waals surface area (Å²) >= 11 is 0. The Morgan fingerprint density at radius 2 is 1.81 bits per heavy atom. The fourth-order valence-corrected chi connectivity index (χ4v) is 4.30. The zero-order valence-electron chi connectivity index (χ0n) is 28.1. The number of hydrogen-bond acceptors (Lipinski definition) is 4. The molecule has 0 aromatic heterocycles. The average molecular weight is 521 g/mol. The second-order valence-electron chi connectivity index (χ2n) is 8.28. The van der Waals surface area contributed by atoms with Gasteiger partial charge in [0.1, 0.15) is 6.04 Å². The van der Waals surface area contributed by atoms with Crippen LogP contribution in [0.3, 0.4) is 0 Å². The van der Waals surface area contributed by atoms with Crippen molar-refractivity contribution >= 4 is 5.91 Å². The molecular formula is C29H31F3N2O3. The Bertz CT molecular complexity index is 1540. The molecule has 0 saturated carbocycles. The van der Waals surface area contributed by atoms with Gasteiger partial charge in [0.25, 0.3) is 0 Å². The summed E-state index contributed by atoms with van der Waals surface area (Å²) in [5.41, 5.74) is -1.09. The van der Waals surface area contributed by atoms with Crippen LogP contribution in [0.2, 0.25) is 0 Å². The third kappa shape index (κ3) is 5.74. The van der Waals surface area contributed by atoms with Gasteiger partial charge in [0, 0.05) is 29.1 Å². The van der Waals surface area contributed by atoms with Crippen LogP contribution in [0, 0.1) is 0 Å². The van der Waals surface area contributed by atoms with Crippen molar-refractivity contribution in [3.8, 4) is 11.5 Å². The molecular weight excluding hydrogens is 481 g/mol. The minimum Gasteiger partial charge on any atom is -0.493 e. The van der Waals surface area contributed by atoms with Gasteiger partial charge in [-0.2, -0.15) is 13.2 Å². The van der Waals surface area contributed by atoms with Crippen LogP contribution in [0.5, 0.6) is 11.5 Å². The number of amides is 1. The molecule has 0 aliphatic carbocycles. The van der Waals surface area contributed by atoms with Gasteiger partial charge in [0.05, 0.1) is 21.2 Å². The van der Waals surface area contributed by atoms with Crippen molar-refractivity contribution in [3.63, 3.8) is 0 Å². The fraction of sp³-hybridized carbons (Fsp3) is 0.345. The van der Waals surface area contributed by atoms with E-state index in [1.54, 1.807) is 18.2 Å².